The van der Waals surface area contributed by atoms with Gasteiger partial charge in [-0.15, -0.1) is 0 Å². The molecule has 2 aromatic rings. The summed E-state index contributed by atoms with van der Waals surface area (Å²) in [4.78, 5) is 11.0. The Morgan fingerprint density at radius 1 is 1.45 bits per heavy atom. The number of nitrogens with zero attached hydrogens (tertiary/aromatic N) is 4. The Bertz CT molecular complexity index is 571. The van der Waals surface area contributed by atoms with E-state index in [4.69, 9.17) is 4.74 Å². The maximum atomic E-state index is 6.04. The van der Waals surface area contributed by atoms with E-state index in [1.165, 1.54) is 0 Å². The quantitative estimate of drug-likeness (QED) is 0.883. The minimum Gasteiger partial charge on any atom is -0.372 e. The van der Waals surface area contributed by atoms with E-state index >= 15 is 0 Å². The van der Waals surface area contributed by atoms with Crippen molar-refractivity contribution in [2.45, 2.75) is 45.4 Å². The molecule has 2 aromatic heterocycles. The second-order valence-electron chi connectivity index (χ2n) is 5.72. The van der Waals surface area contributed by atoms with Gasteiger partial charge in [0, 0.05) is 25.4 Å². The second kappa shape index (κ2) is 7.47. The number of piperidine rings is 1. The van der Waals surface area contributed by atoms with Crippen LogP contribution in [0.5, 0.6) is 0 Å². The van der Waals surface area contributed by atoms with Crippen molar-refractivity contribution in [3.63, 3.8) is 0 Å². The molecular formula is C16H23N5O. The van der Waals surface area contributed by atoms with Crippen molar-refractivity contribution in [1.29, 1.82) is 0 Å². The topological polar surface area (TPSA) is 66.9 Å². The summed E-state index contributed by atoms with van der Waals surface area (Å²) in [7, 11) is 0. The SMILES string of the molecule is CCc1n[nH]c(CN2CCCC(OCc3cccnc3)C2)n1. The van der Waals surface area contributed by atoms with E-state index in [-0.39, 0.29) is 6.10 Å². The van der Waals surface area contributed by atoms with Gasteiger partial charge in [-0.3, -0.25) is 15.0 Å². The molecule has 0 bridgehead atoms. The molecule has 118 valence electrons. The normalized spacial score (nSPS) is 19.4. The number of aryl methyl sites for hydroxylation is 1. The molecule has 1 atom stereocenters. The van der Waals surface area contributed by atoms with Crippen molar-refractivity contribution in [2.75, 3.05) is 13.1 Å². The van der Waals surface area contributed by atoms with Crippen LogP contribution in [0.2, 0.25) is 0 Å². The van der Waals surface area contributed by atoms with Crippen molar-refractivity contribution in [3.05, 3.63) is 41.7 Å². The lowest BCUT2D eigenvalue weighted by Gasteiger charge is -2.31. The van der Waals surface area contributed by atoms with Crippen molar-refractivity contribution >= 4 is 0 Å². The first kappa shape index (κ1) is 15.1. The van der Waals surface area contributed by atoms with Crippen LogP contribution >= 0.6 is 0 Å². The van der Waals surface area contributed by atoms with Gasteiger partial charge in [0.1, 0.15) is 11.6 Å². The van der Waals surface area contributed by atoms with Crippen LogP contribution in [0.15, 0.2) is 24.5 Å². The highest BCUT2D eigenvalue weighted by Crippen LogP contribution is 2.16. The van der Waals surface area contributed by atoms with Crippen LogP contribution in [0, 0.1) is 0 Å². The van der Waals surface area contributed by atoms with Gasteiger partial charge in [0.05, 0.1) is 19.3 Å². The fourth-order valence-electron chi connectivity index (χ4n) is 2.77. The zero-order valence-corrected chi connectivity index (χ0v) is 13.0. The molecule has 1 fully saturated rings. The third-order valence-corrected chi connectivity index (χ3v) is 3.94. The van der Waals surface area contributed by atoms with E-state index in [1.54, 1.807) is 6.20 Å². The zero-order chi connectivity index (χ0) is 15.2. The van der Waals surface area contributed by atoms with Gasteiger partial charge >= 0.3 is 0 Å². The monoisotopic (exact) mass is 301 g/mol. The van der Waals surface area contributed by atoms with Gasteiger partial charge in [-0.25, -0.2) is 4.98 Å². The standard InChI is InChI=1S/C16H23N5O/c1-2-15-18-16(20-19-15)11-21-8-4-6-14(10-21)22-12-13-5-3-7-17-9-13/h3,5,7,9,14H,2,4,6,8,10-12H2,1H3,(H,18,19,20). The fourth-order valence-corrected chi connectivity index (χ4v) is 2.77. The smallest absolute Gasteiger partial charge is 0.150 e. The Morgan fingerprint density at radius 3 is 3.18 bits per heavy atom. The lowest BCUT2D eigenvalue weighted by Crippen LogP contribution is -2.39. The maximum absolute atomic E-state index is 6.04. The zero-order valence-electron chi connectivity index (χ0n) is 13.0. The molecule has 6 heteroatoms. The molecule has 1 N–H and O–H groups in total. The molecule has 1 unspecified atom stereocenters. The van der Waals surface area contributed by atoms with Gasteiger partial charge < -0.3 is 4.74 Å². The Balaban J connectivity index is 1.48. The molecule has 22 heavy (non-hydrogen) atoms. The van der Waals surface area contributed by atoms with Gasteiger partial charge in [0.15, 0.2) is 0 Å². The summed E-state index contributed by atoms with van der Waals surface area (Å²) < 4.78 is 6.04. The van der Waals surface area contributed by atoms with Crippen LogP contribution in [0.3, 0.4) is 0 Å². The van der Waals surface area contributed by atoms with Crippen LogP contribution in [-0.4, -0.2) is 44.3 Å². The average molecular weight is 301 g/mol. The van der Waals surface area contributed by atoms with Crippen LogP contribution in [0.4, 0.5) is 0 Å². The summed E-state index contributed by atoms with van der Waals surface area (Å²) in [5, 5.41) is 7.22. The van der Waals surface area contributed by atoms with Crippen molar-refractivity contribution in [3.8, 4) is 0 Å². The predicted molar refractivity (Wildman–Crippen MR) is 83.1 cm³/mol. The number of likely N-dealkylation sites (tertiary alicyclic amines) is 1. The Labute approximate surface area is 130 Å². The summed E-state index contributed by atoms with van der Waals surface area (Å²) in [6, 6.07) is 4.00. The molecule has 3 heterocycles. The van der Waals surface area contributed by atoms with Gasteiger partial charge in [0.2, 0.25) is 0 Å². The number of rotatable bonds is 6. The van der Waals surface area contributed by atoms with E-state index in [9.17, 15) is 0 Å². The Morgan fingerprint density at radius 2 is 2.41 bits per heavy atom. The molecule has 0 aromatic carbocycles. The first-order valence-corrected chi connectivity index (χ1v) is 7.96. The van der Waals surface area contributed by atoms with E-state index in [0.717, 1.165) is 56.1 Å². The first-order valence-electron chi connectivity index (χ1n) is 7.96. The van der Waals surface area contributed by atoms with Gasteiger partial charge in [-0.1, -0.05) is 13.0 Å². The molecule has 0 radical (unpaired) electrons. The first-order chi connectivity index (χ1) is 10.8. The predicted octanol–water partition coefficient (Wildman–Crippen LogP) is 1.94. The molecule has 1 aliphatic rings. The summed E-state index contributed by atoms with van der Waals surface area (Å²) in [5.41, 5.74) is 1.13. The molecule has 6 nitrogen and oxygen atoms in total. The van der Waals surface area contributed by atoms with Gasteiger partial charge in [-0.05, 0) is 31.0 Å². The third-order valence-electron chi connectivity index (χ3n) is 3.94. The van der Waals surface area contributed by atoms with Crippen LogP contribution in [0.1, 0.15) is 37.0 Å². The van der Waals surface area contributed by atoms with E-state index in [2.05, 4.69) is 32.0 Å². The third kappa shape index (κ3) is 4.11. The number of pyridine rings is 1. The molecule has 1 aliphatic heterocycles. The molecule has 0 amide bonds. The highest BCUT2D eigenvalue weighted by Gasteiger charge is 2.21. The highest BCUT2D eigenvalue weighted by atomic mass is 16.5. The van der Waals surface area contributed by atoms with Gasteiger partial charge in [0.25, 0.3) is 0 Å². The van der Waals surface area contributed by atoms with E-state index < -0.39 is 0 Å². The van der Waals surface area contributed by atoms with Crippen LogP contribution in [0.25, 0.3) is 0 Å². The number of H-pyrrole nitrogens is 1. The molecule has 0 saturated carbocycles. The molecule has 1 saturated heterocycles. The largest absolute Gasteiger partial charge is 0.372 e. The summed E-state index contributed by atoms with van der Waals surface area (Å²) in [6.07, 6.45) is 7.07. The second-order valence-corrected chi connectivity index (χ2v) is 5.72. The van der Waals surface area contributed by atoms with Crippen molar-refractivity contribution < 1.29 is 4.74 Å². The number of hydrogen-bond donors (Lipinski definition) is 1. The Kier molecular flexibility index (Phi) is 5.13. The maximum Gasteiger partial charge on any atom is 0.150 e. The minimum atomic E-state index is 0.280. The van der Waals surface area contributed by atoms with Crippen LogP contribution in [-0.2, 0) is 24.3 Å². The highest BCUT2D eigenvalue weighted by molar-refractivity contribution is 5.06. The summed E-state index contributed by atoms with van der Waals surface area (Å²) in [5.74, 6) is 1.83. The number of hydrogen-bond acceptors (Lipinski definition) is 5. The van der Waals surface area contributed by atoms with Crippen molar-refractivity contribution in [1.82, 2.24) is 25.1 Å². The molecular weight excluding hydrogens is 278 g/mol. The summed E-state index contributed by atoms with van der Waals surface area (Å²) >= 11 is 0. The fraction of sp³-hybridized carbons (Fsp3) is 0.562. The van der Waals surface area contributed by atoms with Crippen molar-refractivity contribution in [2.24, 2.45) is 0 Å². The average Bonchev–Trinajstić information content (AvgIpc) is 3.02. The lowest BCUT2D eigenvalue weighted by atomic mass is 10.1. The number of nitrogens with one attached hydrogen (secondary N) is 1. The minimum absolute atomic E-state index is 0.280. The lowest BCUT2D eigenvalue weighted by molar-refractivity contribution is -0.0127. The number of aromatic nitrogens is 4. The van der Waals surface area contributed by atoms with Crippen LogP contribution < -0.4 is 0 Å². The van der Waals surface area contributed by atoms with Gasteiger partial charge in [-0.2, -0.15) is 5.10 Å². The van der Waals surface area contributed by atoms with E-state index in [0.29, 0.717) is 6.61 Å². The number of aromatic amines is 1. The Hall–Kier alpha value is -1.79. The molecule has 0 spiro atoms. The number of ether oxygens (including phenoxy) is 1. The van der Waals surface area contributed by atoms with E-state index in [1.807, 2.05) is 18.3 Å². The molecule has 3 rings (SSSR count). The molecule has 0 aliphatic carbocycles. The summed E-state index contributed by atoms with van der Waals surface area (Å²) in [6.45, 7) is 5.56.